The maximum absolute atomic E-state index is 13.9. The molecule has 3 N–H and O–H groups in total. The molecule has 3 rings (SSSR count). The topological polar surface area (TPSA) is 63.8 Å². The number of nitrogens with one attached hydrogen (secondary N) is 1. The molecular formula is C14H9Cl2FN4. The van der Waals surface area contributed by atoms with Gasteiger partial charge in [-0.05, 0) is 30.3 Å². The van der Waals surface area contributed by atoms with E-state index in [1.807, 2.05) is 0 Å². The molecular weight excluding hydrogens is 313 g/mol. The predicted octanol–water partition coefficient (Wildman–Crippen LogP) is 4.40. The van der Waals surface area contributed by atoms with Gasteiger partial charge in [-0.15, -0.1) is 0 Å². The van der Waals surface area contributed by atoms with Crippen molar-refractivity contribution < 1.29 is 4.39 Å². The van der Waals surface area contributed by atoms with E-state index in [0.717, 1.165) is 6.07 Å². The lowest BCUT2D eigenvalue weighted by Gasteiger charge is -2.10. The molecule has 0 aliphatic carbocycles. The Bertz CT molecular complexity index is 839. The number of aromatic nitrogens is 2. The summed E-state index contributed by atoms with van der Waals surface area (Å²) >= 11 is 11.7. The second-order valence-corrected chi connectivity index (χ2v) is 5.18. The molecule has 106 valence electrons. The Balaban J connectivity index is 2.10. The van der Waals surface area contributed by atoms with Gasteiger partial charge in [-0.25, -0.2) is 14.4 Å². The van der Waals surface area contributed by atoms with Crippen LogP contribution in [-0.2, 0) is 0 Å². The second-order valence-electron chi connectivity index (χ2n) is 4.37. The first kappa shape index (κ1) is 13.9. The van der Waals surface area contributed by atoms with Crippen molar-refractivity contribution in [3.05, 3.63) is 52.5 Å². The van der Waals surface area contributed by atoms with Crippen LogP contribution in [0, 0.1) is 5.82 Å². The summed E-state index contributed by atoms with van der Waals surface area (Å²) < 4.78 is 13.9. The summed E-state index contributed by atoms with van der Waals surface area (Å²) in [5.74, 6) is -0.0929. The molecule has 0 fully saturated rings. The molecule has 4 nitrogen and oxygen atoms in total. The van der Waals surface area contributed by atoms with Gasteiger partial charge in [0.05, 0.1) is 21.2 Å². The average Bonchev–Trinajstić information content (AvgIpc) is 2.45. The molecule has 0 amide bonds. The molecule has 2 aromatic carbocycles. The van der Waals surface area contributed by atoms with E-state index in [1.165, 1.54) is 12.4 Å². The average molecular weight is 322 g/mol. The molecule has 0 atom stereocenters. The zero-order valence-corrected chi connectivity index (χ0v) is 12.1. The summed E-state index contributed by atoms with van der Waals surface area (Å²) in [5.41, 5.74) is 7.20. The van der Waals surface area contributed by atoms with E-state index in [-0.39, 0.29) is 15.7 Å². The Kier molecular flexibility index (Phi) is 3.53. The molecule has 0 saturated carbocycles. The molecule has 7 heteroatoms. The number of nitrogens with two attached hydrogens (primary N) is 1. The number of benzene rings is 2. The summed E-state index contributed by atoms with van der Waals surface area (Å²) in [6, 6.07) is 7.76. The fourth-order valence-electron chi connectivity index (χ4n) is 1.92. The Labute approximate surface area is 129 Å². The van der Waals surface area contributed by atoms with Gasteiger partial charge in [0, 0.05) is 11.1 Å². The van der Waals surface area contributed by atoms with Crippen molar-refractivity contribution in [2.24, 2.45) is 0 Å². The molecule has 3 aromatic rings. The summed E-state index contributed by atoms with van der Waals surface area (Å²) in [5, 5.41) is 3.97. The van der Waals surface area contributed by atoms with E-state index >= 15 is 0 Å². The lowest BCUT2D eigenvalue weighted by molar-refractivity contribution is 0.632. The molecule has 0 bridgehead atoms. The van der Waals surface area contributed by atoms with Crippen LogP contribution < -0.4 is 11.1 Å². The fraction of sp³-hybridized carbons (Fsp3) is 0. The third kappa shape index (κ3) is 2.70. The van der Waals surface area contributed by atoms with E-state index in [1.54, 1.807) is 18.2 Å². The zero-order valence-electron chi connectivity index (χ0n) is 10.6. The van der Waals surface area contributed by atoms with Crippen molar-refractivity contribution in [2.45, 2.75) is 0 Å². The van der Waals surface area contributed by atoms with Crippen LogP contribution in [0.25, 0.3) is 10.9 Å². The first-order valence-electron chi connectivity index (χ1n) is 5.96. The maximum atomic E-state index is 13.9. The van der Waals surface area contributed by atoms with Gasteiger partial charge in [0.2, 0.25) is 0 Å². The van der Waals surface area contributed by atoms with E-state index in [0.29, 0.717) is 22.4 Å². The third-order valence-electron chi connectivity index (χ3n) is 2.92. The highest BCUT2D eigenvalue weighted by molar-refractivity contribution is 6.42. The van der Waals surface area contributed by atoms with Crippen molar-refractivity contribution >= 4 is 51.3 Å². The van der Waals surface area contributed by atoms with E-state index < -0.39 is 5.82 Å². The minimum atomic E-state index is -0.528. The van der Waals surface area contributed by atoms with Crippen molar-refractivity contribution in [1.82, 2.24) is 9.97 Å². The molecule has 0 unspecified atom stereocenters. The van der Waals surface area contributed by atoms with Crippen LogP contribution in [0.1, 0.15) is 0 Å². The number of fused-ring (bicyclic) bond motifs is 1. The van der Waals surface area contributed by atoms with Crippen molar-refractivity contribution in [2.75, 3.05) is 11.1 Å². The van der Waals surface area contributed by atoms with Crippen molar-refractivity contribution in [3.8, 4) is 0 Å². The monoisotopic (exact) mass is 321 g/mol. The van der Waals surface area contributed by atoms with Crippen LogP contribution in [-0.4, -0.2) is 9.97 Å². The van der Waals surface area contributed by atoms with Gasteiger partial charge < -0.3 is 11.1 Å². The molecule has 0 spiro atoms. The number of anilines is 3. The van der Waals surface area contributed by atoms with Gasteiger partial charge in [0.15, 0.2) is 0 Å². The predicted molar refractivity (Wildman–Crippen MR) is 83.7 cm³/mol. The number of rotatable bonds is 2. The van der Waals surface area contributed by atoms with Crippen LogP contribution in [0.15, 0.2) is 36.7 Å². The highest BCUT2D eigenvalue weighted by Gasteiger charge is 2.10. The Morgan fingerprint density at radius 2 is 1.81 bits per heavy atom. The summed E-state index contributed by atoms with van der Waals surface area (Å²) in [4.78, 5) is 8.25. The number of hydrogen-bond donors (Lipinski definition) is 2. The standard InChI is InChI=1S/C14H9Cl2FN4/c15-9-4-11(17)13(5-10(9)16)21-14-8-3-7(18)1-2-12(8)19-6-20-14/h1-6H,18H2,(H,19,20,21)/i17-1. The molecule has 1 heterocycles. The highest BCUT2D eigenvalue weighted by Crippen LogP contribution is 2.31. The molecule has 1 aromatic heterocycles. The van der Waals surface area contributed by atoms with Crippen LogP contribution in [0.4, 0.5) is 21.6 Å². The van der Waals surface area contributed by atoms with Crippen LogP contribution in [0.2, 0.25) is 10.0 Å². The SMILES string of the molecule is Nc1ccc2ncnc(Nc3cc(Cl)c(Cl)cc3[18F])c2c1. The quantitative estimate of drug-likeness (QED) is 0.542. The lowest BCUT2D eigenvalue weighted by Crippen LogP contribution is -1.99. The molecule has 0 saturated heterocycles. The molecule has 0 aliphatic rings. The molecule has 0 radical (unpaired) electrons. The number of nitrogen functional groups attached to an aromatic ring is 1. The maximum Gasteiger partial charge on any atom is 0.148 e. The minimum Gasteiger partial charge on any atom is -0.399 e. The Morgan fingerprint density at radius 3 is 2.62 bits per heavy atom. The summed E-state index contributed by atoms with van der Waals surface area (Å²) in [7, 11) is 0. The Morgan fingerprint density at radius 1 is 1.05 bits per heavy atom. The van der Waals surface area contributed by atoms with E-state index in [9.17, 15) is 4.39 Å². The summed E-state index contributed by atoms with van der Waals surface area (Å²) in [6.45, 7) is 0. The lowest BCUT2D eigenvalue weighted by atomic mass is 10.2. The zero-order chi connectivity index (χ0) is 15.0. The van der Waals surface area contributed by atoms with Gasteiger partial charge in [0.25, 0.3) is 0 Å². The van der Waals surface area contributed by atoms with Gasteiger partial charge >= 0.3 is 0 Å². The number of hydrogen-bond acceptors (Lipinski definition) is 4. The number of nitrogens with zero attached hydrogens (tertiary/aromatic N) is 2. The fourth-order valence-corrected chi connectivity index (χ4v) is 2.23. The van der Waals surface area contributed by atoms with E-state index in [4.69, 9.17) is 28.9 Å². The largest absolute Gasteiger partial charge is 0.399 e. The third-order valence-corrected chi connectivity index (χ3v) is 3.64. The van der Waals surface area contributed by atoms with Gasteiger partial charge in [-0.1, -0.05) is 23.2 Å². The second kappa shape index (κ2) is 5.35. The highest BCUT2D eigenvalue weighted by atomic mass is 35.5. The normalized spacial score (nSPS) is 10.8. The Hall–Kier alpha value is -2.11. The van der Waals surface area contributed by atoms with Gasteiger partial charge in [0.1, 0.15) is 18.0 Å². The van der Waals surface area contributed by atoms with Gasteiger partial charge in [-0.2, -0.15) is 0 Å². The van der Waals surface area contributed by atoms with E-state index in [2.05, 4.69) is 15.3 Å². The van der Waals surface area contributed by atoms with Crippen LogP contribution in [0.5, 0.6) is 0 Å². The van der Waals surface area contributed by atoms with Crippen LogP contribution >= 0.6 is 23.2 Å². The smallest absolute Gasteiger partial charge is 0.148 e. The van der Waals surface area contributed by atoms with Crippen molar-refractivity contribution in [3.63, 3.8) is 0 Å². The molecule has 0 aliphatic heterocycles. The molecule has 21 heavy (non-hydrogen) atoms. The first-order valence-corrected chi connectivity index (χ1v) is 6.72. The minimum absolute atomic E-state index is 0.150. The number of halogens is 3. The van der Waals surface area contributed by atoms with Gasteiger partial charge in [-0.3, -0.25) is 0 Å². The van der Waals surface area contributed by atoms with Crippen LogP contribution in [0.3, 0.4) is 0 Å². The first-order chi connectivity index (χ1) is 10.0. The van der Waals surface area contributed by atoms with Crippen molar-refractivity contribution in [1.29, 1.82) is 0 Å². The summed E-state index contributed by atoms with van der Waals surface area (Å²) in [6.07, 6.45) is 1.39.